The molecule has 0 aromatic heterocycles. The van der Waals surface area contributed by atoms with E-state index in [1.54, 1.807) is 0 Å². The van der Waals surface area contributed by atoms with Gasteiger partial charge in [-0.15, -0.1) is 0 Å². The molecule has 0 N–H and O–H groups in total. The maximum Gasteiger partial charge on any atom is 0.0111 e. The molecule has 3 aromatic carbocycles. The lowest BCUT2D eigenvalue weighted by Gasteiger charge is -2.26. The molecule has 3 rings (SSSR count). The van der Waals surface area contributed by atoms with Crippen LogP contribution in [0.3, 0.4) is 0 Å². The second-order valence-electron chi connectivity index (χ2n) is 7.45. The summed E-state index contributed by atoms with van der Waals surface area (Å²) in [7, 11) is -0.554. The highest BCUT2D eigenvalue weighted by Crippen LogP contribution is 2.36. The first kappa shape index (κ1) is 21.3. The zero-order chi connectivity index (χ0) is 20.6. The summed E-state index contributed by atoms with van der Waals surface area (Å²) in [6, 6.07) is 31.1. The van der Waals surface area contributed by atoms with E-state index in [-0.39, 0.29) is 0 Å². The van der Waals surface area contributed by atoms with Crippen LogP contribution in [0.4, 0.5) is 0 Å². The molecule has 0 saturated carbocycles. The van der Waals surface area contributed by atoms with E-state index in [1.807, 2.05) is 6.08 Å². The quantitative estimate of drug-likeness (QED) is 0.292. The van der Waals surface area contributed by atoms with E-state index in [1.165, 1.54) is 27.1 Å². The monoisotopic (exact) mass is 398 g/mol. The van der Waals surface area contributed by atoms with Gasteiger partial charge in [0, 0.05) is 5.92 Å². The van der Waals surface area contributed by atoms with E-state index in [4.69, 9.17) is 0 Å². The van der Waals surface area contributed by atoms with Crippen molar-refractivity contribution in [2.75, 3.05) is 0 Å². The van der Waals surface area contributed by atoms with Gasteiger partial charge in [0.15, 0.2) is 0 Å². The molecule has 148 valence electrons. The summed E-state index contributed by atoms with van der Waals surface area (Å²) in [5, 5.41) is 4.17. The van der Waals surface area contributed by atoms with Crippen LogP contribution >= 0.6 is 7.92 Å². The number of allylic oxidation sites excluding steroid dienone is 3. The van der Waals surface area contributed by atoms with Gasteiger partial charge < -0.3 is 0 Å². The molecule has 0 fully saturated rings. The third-order valence-corrected chi connectivity index (χ3v) is 8.12. The summed E-state index contributed by atoms with van der Waals surface area (Å²) in [4.78, 5) is 0. The average molecular weight is 399 g/mol. The molecule has 0 radical (unpaired) electrons. The molecule has 2 unspecified atom stereocenters. The molecule has 0 aliphatic rings. The van der Waals surface area contributed by atoms with Crippen LogP contribution in [0.25, 0.3) is 0 Å². The minimum Gasteiger partial charge on any atom is -0.0988 e. The van der Waals surface area contributed by atoms with Crippen LogP contribution in [0.5, 0.6) is 0 Å². The highest BCUT2D eigenvalue weighted by molar-refractivity contribution is 7.79. The van der Waals surface area contributed by atoms with Crippen molar-refractivity contribution in [1.29, 1.82) is 0 Å². The van der Waals surface area contributed by atoms with Gasteiger partial charge >= 0.3 is 0 Å². The normalized spacial score (nSPS) is 13.9. The minimum absolute atomic E-state index is 0.399. The molecule has 0 nitrogen and oxygen atoms in total. The Labute approximate surface area is 177 Å². The Morgan fingerprint density at radius 3 is 1.72 bits per heavy atom. The fraction of sp³-hybridized carbons (Fsp3) is 0.214. The fourth-order valence-electron chi connectivity index (χ4n) is 3.94. The van der Waals surface area contributed by atoms with Gasteiger partial charge in [-0.3, -0.25) is 0 Å². The summed E-state index contributed by atoms with van der Waals surface area (Å²) >= 11 is 0. The van der Waals surface area contributed by atoms with Crippen molar-refractivity contribution in [3.63, 3.8) is 0 Å². The van der Waals surface area contributed by atoms with Gasteiger partial charge in [-0.05, 0) is 47.8 Å². The van der Waals surface area contributed by atoms with Crippen molar-refractivity contribution in [3.05, 3.63) is 115 Å². The molecular formula is C28H31P. The van der Waals surface area contributed by atoms with E-state index >= 15 is 0 Å². The first-order valence-corrected chi connectivity index (χ1v) is 11.8. The standard InChI is InChI=1S/C28H31P/c1-5-22(4)28(23(6-2)7-3)24-18-20-27(21-19-24)29(25-14-10-8-11-15-25)26-16-12-9-13-17-26/h6-22,28H,2,5H2,1,3-4H3/b23-7+. The first-order chi connectivity index (χ1) is 14.2. The number of hydrogen-bond acceptors (Lipinski definition) is 0. The topological polar surface area (TPSA) is 0 Å². The molecule has 29 heavy (non-hydrogen) atoms. The molecule has 0 spiro atoms. The van der Waals surface area contributed by atoms with Gasteiger partial charge in [0.2, 0.25) is 0 Å². The lowest BCUT2D eigenvalue weighted by atomic mass is 9.80. The van der Waals surface area contributed by atoms with Crippen molar-refractivity contribution < 1.29 is 0 Å². The summed E-state index contributed by atoms with van der Waals surface area (Å²) in [6.45, 7) is 10.8. The van der Waals surface area contributed by atoms with Gasteiger partial charge in [-0.2, -0.15) is 0 Å². The lowest BCUT2D eigenvalue weighted by Crippen LogP contribution is -2.21. The lowest BCUT2D eigenvalue weighted by molar-refractivity contribution is 0.495. The molecule has 0 bridgehead atoms. The van der Waals surface area contributed by atoms with Crippen molar-refractivity contribution in [1.82, 2.24) is 0 Å². The van der Waals surface area contributed by atoms with Crippen LogP contribution in [0, 0.1) is 5.92 Å². The maximum atomic E-state index is 4.05. The number of benzene rings is 3. The summed E-state index contributed by atoms with van der Waals surface area (Å²) in [5.74, 6) is 0.978. The highest BCUT2D eigenvalue weighted by Gasteiger charge is 2.22. The predicted octanol–water partition coefficient (Wildman–Crippen LogP) is 6.71. The van der Waals surface area contributed by atoms with Crippen LogP contribution in [-0.4, -0.2) is 0 Å². The Kier molecular flexibility index (Phi) is 7.62. The zero-order valence-electron chi connectivity index (χ0n) is 17.8. The first-order valence-electron chi connectivity index (χ1n) is 10.5. The largest absolute Gasteiger partial charge is 0.0988 e. The predicted molar refractivity (Wildman–Crippen MR) is 131 cm³/mol. The summed E-state index contributed by atoms with van der Waals surface area (Å²) < 4.78 is 0. The molecule has 0 heterocycles. The molecule has 1 heteroatoms. The van der Waals surface area contributed by atoms with Crippen LogP contribution < -0.4 is 15.9 Å². The van der Waals surface area contributed by atoms with E-state index < -0.39 is 7.92 Å². The average Bonchev–Trinajstić information content (AvgIpc) is 2.79. The van der Waals surface area contributed by atoms with Crippen LogP contribution in [-0.2, 0) is 0 Å². The Hall–Kier alpha value is -2.43. The van der Waals surface area contributed by atoms with Gasteiger partial charge in [0.05, 0.1) is 0 Å². The van der Waals surface area contributed by atoms with Crippen molar-refractivity contribution in [3.8, 4) is 0 Å². The van der Waals surface area contributed by atoms with E-state index in [0.29, 0.717) is 11.8 Å². The van der Waals surface area contributed by atoms with E-state index in [2.05, 4.69) is 118 Å². The summed E-state index contributed by atoms with van der Waals surface area (Å²) in [5.41, 5.74) is 2.70. The second kappa shape index (κ2) is 10.4. The zero-order valence-corrected chi connectivity index (χ0v) is 18.6. The highest BCUT2D eigenvalue weighted by atomic mass is 31.1. The fourth-order valence-corrected chi connectivity index (χ4v) is 6.22. The molecule has 3 aromatic rings. The Balaban J connectivity index is 2.03. The van der Waals surface area contributed by atoms with Gasteiger partial charge in [-0.25, -0.2) is 0 Å². The Morgan fingerprint density at radius 2 is 1.31 bits per heavy atom. The molecule has 2 atom stereocenters. The molecule has 0 aliphatic carbocycles. The van der Waals surface area contributed by atoms with Gasteiger partial charge in [-0.1, -0.05) is 124 Å². The van der Waals surface area contributed by atoms with Crippen molar-refractivity contribution in [2.45, 2.75) is 33.1 Å². The van der Waals surface area contributed by atoms with Gasteiger partial charge in [0.1, 0.15) is 0 Å². The minimum atomic E-state index is -0.554. The molecule has 0 amide bonds. The Bertz CT molecular complexity index is 884. The van der Waals surface area contributed by atoms with E-state index in [9.17, 15) is 0 Å². The second-order valence-corrected chi connectivity index (χ2v) is 9.67. The SMILES string of the molecule is C=C/C(=C\C)C(c1ccc(P(c2ccccc2)c2ccccc2)cc1)C(C)CC. The molecule has 0 aliphatic heterocycles. The summed E-state index contributed by atoms with van der Waals surface area (Å²) in [6.07, 6.45) is 5.38. The third kappa shape index (κ3) is 4.95. The van der Waals surface area contributed by atoms with Crippen LogP contribution in [0.15, 0.2) is 109 Å². The van der Waals surface area contributed by atoms with Crippen LogP contribution in [0.1, 0.15) is 38.7 Å². The maximum absolute atomic E-state index is 4.05. The smallest absolute Gasteiger partial charge is 0.0111 e. The third-order valence-electron chi connectivity index (χ3n) is 5.68. The van der Waals surface area contributed by atoms with Crippen molar-refractivity contribution >= 4 is 23.8 Å². The molecule has 0 saturated heterocycles. The van der Waals surface area contributed by atoms with Crippen molar-refractivity contribution in [2.24, 2.45) is 5.92 Å². The molecular weight excluding hydrogens is 367 g/mol. The van der Waals surface area contributed by atoms with Gasteiger partial charge in [0.25, 0.3) is 0 Å². The number of rotatable bonds is 8. The van der Waals surface area contributed by atoms with E-state index in [0.717, 1.165) is 6.42 Å². The van der Waals surface area contributed by atoms with Crippen LogP contribution in [0.2, 0.25) is 0 Å². The Morgan fingerprint density at radius 1 is 0.828 bits per heavy atom. The number of hydrogen-bond donors (Lipinski definition) is 0.